The van der Waals surface area contributed by atoms with Gasteiger partial charge in [-0.3, -0.25) is 0 Å². The highest BCUT2D eigenvalue weighted by Crippen LogP contribution is 2.23. The van der Waals surface area contributed by atoms with E-state index in [9.17, 15) is 0 Å². The standard InChI is InChI=1S/C14H20N2O/c1-2-6-13(5-1)17-14-7-3-4-12(16-14)10-15-11-8-9-11/h3-4,7,11,13,15H,1-2,5-6,8-10H2. The Morgan fingerprint density at radius 1 is 1.18 bits per heavy atom. The fourth-order valence-electron chi connectivity index (χ4n) is 2.33. The van der Waals surface area contributed by atoms with E-state index in [1.165, 1.54) is 38.5 Å². The summed E-state index contributed by atoms with van der Waals surface area (Å²) in [6.07, 6.45) is 8.00. The lowest BCUT2D eigenvalue weighted by atomic mass is 10.3. The van der Waals surface area contributed by atoms with Crippen molar-refractivity contribution in [3.63, 3.8) is 0 Å². The molecule has 1 N–H and O–H groups in total. The van der Waals surface area contributed by atoms with Crippen LogP contribution in [0.2, 0.25) is 0 Å². The molecule has 0 saturated heterocycles. The molecule has 3 nitrogen and oxygen atoms in total. The zero-order valence-corrected chi connectivity index (χ0v) is 10.2. The highest BCUT2D eigenvalue weighted by atomic mass is 16.5. The second kappa shape index (κ2) is 5.05. The molecule has 3 rings (SSSR count). The van der Waals surface area contributed by atoms with E-state index in [0.717, 1.165) is 24.2 Å². The first-order chi connectivity index (χ1) is 8.40. The zero-order chi connectivity index (χ0) is 11.5. The van der Waals surface area contributed by atoms with E-state index in [2.05, 4.69) is 16.4 Å². The molecule has 1 aromatic heterocycles. The first-order valence-electron chi connectivity index (χ1n) is 6.76. The number of hydrogen-bond acceptors (Lipinski definition) is 3. The van der Waals surface area contributed by atoms with Crippen molar-refractivity contribution in [3.8, 4) is 5.88 Å². The lowest BCUT2D eigenvalue weighted by Gasteiger charge is -2.12. The molecule has 92 valence electrons. The maximum Gasteiger partial charge on any atom is 0.213 e. The van der Waals surface area contributed by atoms with Crippen LogP contribution in [0.3, 0.4) is 0 Å². The molecule has 2 aliphatic carbocycles. The third-order valence-electron chi connectivity index (χ3n) is 3.52. The number of pyridine rings is 1. The minimum absolute atomic E-state index is 0.397. The summed E-state index contributed by atoms with van der Waals surface area (Å²) in [5, 5.41) is 3.48. The van der Waals surface area contributed by atoms with Gasteiger partial charge in [0.05, 0.1) is 5.69 Å². The van der Waals surface area contributed by atoms with Gasteiger partial charge in [-0.25, -0.2) is 4.98 Å². The van der Waals surface area contributed by atoms with Crippen molar-refractivity contribution in [3.05, 3.63) is 23.9 Å². The van der Waals surface area contributed by atoms with Crippen LogP contribution in [-0.4, -0.2) is 17.1 Å². The summed E-state index contributed by atoms with van der Waals surface area (Å²) in [4.78, 5) is 4.55. The highest BCUT2D eigenvalue weighted by molar-refractivity contribution is 5.16. The number of aromatic nitrogens is 1. The minimum Gasteiger partial charge on any atom is -0.474 e. The fourth-order valence-corrected chi connectivity index (χ4v) is 2.33. The van der Waals surface area contributed by atoms with Gasteiger partial charge in [0.15, 0.2) is 0 Å². The SMILES string of the molecule is c1cc(CNC2CC2)nc(OC2CCCC2)c1. The molecular formula is C14H20N2O. The Kier molecular flexibility index (Phi) is 3.27. The Bertz CT molecular complexity index is 370. The molecule has 1 heterocycles. The second-order valence-corrected chi connectivity index (χ2v) is 5.15. The van der Waals surface area contributed by atoms with Crippen LogP contribution in [0.25, 0.3) is 0 Å². The van der Waals surface area contributed by atoms with Gasteiger partial charge in [-0.05, 0) is 44.6 Å². The summed E-state index contributed by atoms with van der Waals surface area (Å²) < 4.78 is 5.90. The molecule has 3 heteroatoms. The van der Waals surface area contributed by atoms with Gasteiger partial charge >= 0.3 is 0 Å². The lowest BCUT2D eigenvalue weighted by molar-refractivity contribution is 0.201. The lowest BCUT2D eigenvalue weighted by Crippen LogP contribution is -2.17. The minimum atomic E-state index is 0.397. The zero-order valence-electron chi connectivity index (χ0n) is 10.2. The predicted molar refractivity (Wildman–Crippen MR) is 67.0 cm³/mol. The molecule has 0 bridgehead atoms. The average molecular weight is 232 g/mol. The number of nitrogens with zero attached hydrogens (tertiary/aromatic N) is 1. The van der Waals surface area contributed by atoms with E-state index in [0.29, 0.717) is 6.10 Å². The van der Waals surface area contributed by atoms with Gasteiger partial charge in [0.2, 0.25) is 5.88 Å². The molecular weight excluding hydrogens is 212 g/mol. The van der Waals surface area contributed by atoms with Gasteiger partial charge in [0, 0.05) is 18.7 Å². The number of rotatable bonds is 5. The molecule has 0 spiro atoms. The van der Waals surface area contributed by atoms with Crippen LogP contribution in [0, 0.1) is 0 Å². The van der Waals surface area contributed by atoms with Crippen molar-refractivity contribution in [2.75, 3.05) is 0 Å². The van der Waals surface area contributed by atoms with Crippen molar-refractivity contribution < 1.29 is 4.74 Å². The van der Waals surface area contributed by atoms with Crippen molar-refractivity contribution in [2.45, 2.75) is 57.2 Å². The van der Waals surface area contributed by atoms with Gasteiger partial charge in [-0.1, -0.05) is 6.07 Å². The van der Waals surface area contributed by atoms with E-state index in [1.54, 1.807) is 0 Å². The molecule has 0 aromatic carbocycles. The third kappa shape index (κ3) is 3.19. The maximum atomic E-state index is 5.90. The van der Waals surface area contributed by atoms with Crippen molar-refractivity contribution in [1.82, 2.24) is 10.3 Å². The topological polar surface area (TPSA) is 34.2 Å². The Morgan fingerprint density at radius 3 is 2.76 bits per heavy atom. The Hall–Kier alpha value is -1.09. The molecule has 0 amide bonds. The Labute approximate surface area is 103 Å². The summed E-state index contributed by atoms with van der Waals surface area (Å²) in [6.45, 7) is 0.868. The smallest absolute Gasteiger partial charge is 0.213 e. The van der Waals surface area contributed by atoms with E-state index in [4.69, 9.17) is 4.74 Å². The summed E-state index contributed by atoms with van der Waals surface area (Å²) in [6, 6.07) is 6.81. The van der Waals surface area contributed by atoms with Gasteiger partial charge in [-0.2, -0.15) is 0 Å². The van der Waals surface area contributed by atoms with Crippen LogP contribution < -0.4 is 10.1 Å². The first kappa shape index (κ1) is 11.0. The number of hydrogen-bond donors (Lipinski definition) is 1. The van der Waals surface area contributed by atoms with Gasteiger partial charge in [0.1, 0.15) is 6.10 Å². The molecule has 0 aliphatic heterocycles. The van der Waals surface area contributed by atoms with E-state index in [1.807, 2.05) is 12.1 Å². The average Bonchev–Trinajstić information content (AvgIpc) is 3.05. The predicted octanol–water partition coefficient (Wildman–Crippen LogP) is 2.66. The number of nitrogens with one attached hydrogen (secondary N) is 1. The van der Waals surface area contributed by atoms with E-state index >= 15 is 0 Å². The van der Waals surface area contributed by atoms with Crippen LogP contribution in [0.4, 0.5) is 0 Å². The van der Waals surface area contributed by atoms with Crippen LogP contribution in [0.5, 0.6) is 5.88 Å². The first-order valence-corrected chi connectivity index (χ1v) is 6.76. The van der Waals surface area contributed by atoms with Crippen molar-refractivity contribution in [2.24, 2.45) is 0 Å². The summed E-state index contributed by atoms with van der Waals surface area (Å²) in [5.41, 5.74) is 1.09. The van der Waals surface area contributed by atoms with Crippen LogP contribution >= 0.6 is 0 Å². The molecule has 2 aliphatic rings. The maximum absolute atomic E-state index is 5.90. The quantitative estimate of drug-likeness (QED) is 0.847. The molecule has 2 saturated carbocycles. The fraction of sp³-hybridized carbons (Fsp3) is 0.643. The van der Waals surface area contributed by atoms with Gasteiger partial charge in [0.25, 0.3) is 0 Å². The highest BCUT2D eigenvalue weighted by Gasteiger charge is 2.20. The number of ether oxygens (including phenoxy) is 1. The Morgan fingerprint density at radius 2 is 2.00 bits per heavy atom. The van der Waals surface area contributed by atoms with Crippen molar-refractivity contribution >= 4 is 0 Å². The Balaban J connectivity index is 1.56. The second-order valence-electron chi connectivity index (χ2n) is 5.15. The van der Waals surface area contributed by atoms with Crippen LogP contribution in [-0.2, 0) is 6.54 Å². The molecule has 1 aromatic rings. The van der Waals surface area contributed by atoms with Gasteiger partial charge < -0.3 is 10.1 Å². The van der Waals surface area contributed by atoms with Gasteiger partial charge in [-0.15, -0.1) is 0 Å². The molecule has 0 radical (unpaired) electrons. The van der Waals surface area contributed by atoms with E-state index < -0.39 is 0 Å². The molecule has 17 heavy (non-hydrogen) atoms. The molecule has 0 unspecified atom stereocenters. The summed E-state index contributed by atoms with van der Waals surface area (Å²) >= 11 is 0. The molecule has 0 atom stereocenters. The summed E-state index contributed by atoms with van der Waals surface area (Å²) in [7, 11) is 0. The normalized spacial score (nSPS) is 20.7. The van der Waals surface area contributed by atoms with Crippen molar-refractivity contribution in [1.29, 1.82) is 0 Å². The largest absolute Gasteiger partial charge is 0.474 e. The third-order valence-corrected chi connectivity index (χ3v) is 3.52. The molecule has 2 fully saturated rings. The summed E-state index contributed by atoms with van der Waals surface area (Å²) in [5.74, 6) is 0.798. The van der Waals surface area contributed by atoms with Crippen LogP contribution in [0.1, 0.15) is 44.2 Å². The monoisotopic (exact) mass is 232 g/mol. The van der Waals surface area contributed by atoms with E-state index in [-0.39, 0.29) is 0 Å². The van der Waals surface area contributed by atoms with Crippen LogP contribution in [0.15, 0.2) is 18.2 Å².